The molecule has 0 saturated heterocycles. The van der Waals surface area contributed by atoms with Crippen LogP contribution in [0.4, 0.5) is 0 Å². The van der Waals surface area contributed by atoms with Gasteiger partial charge in [-0.2, -0.15) is 0 Å². The predicted molar refractivity (Wildman–Crippen MR) is 87.6 cm³/mol. The highest BCUT2D eigenvalue weighted by Gasteiger charge is 2.27. The molecule has 2 aromatic rings. The Morgan fingerprint density at radius 3 is 2.73 bits per heavy atom. The molecule has 1 atom stereocenters. The third-order valence-electron chi connectivity index (χ3n) is 3.64. The molecule has 116 valence electrons. The van der Waals surface area contributed by atoms with Crippen molar-refractivity contribution in [1.29, 1.82) is 0 Å². The van der Waals surface area contributed by atoms with E-state index in [0.717, 1.165) is 35.9 Å². The summed E-state index contributed by atoms with van der Waals surface area (Å²) in [5, 5.41) is 12.2. The Labute approximate surface area is 134 Å². The van der Waals surface area contributed by atoms with Crippen LogP contribution in [-0.4, -0.2) is 32.0 Å². The van der Waals surface area contributed by atoms with E-state index in [1.54, 1.807) is 0 Å². The number of carbonyl (C=O) groups excluding carboxylic acids is 1. The van der Waals surface area contributed by atoms with E-state index in [2.05, 4.69) is 27.0 Å². The minimum atomic E-state index is -0.168. The maximum absolute atomic E-state index is 12.1. The van der Waals surface area contributed by atoms with Gasteiger partial charge in [-0.05, 0) is 26.7 Å². The standard InChI is InChI=1S/C16H20N4OS/c1-3-20-14(12-7-5-4-6-8-12)18-19-16(20)22-11(2)15(21)17-13-9-10-13/h4-8,11,13H,3,9-10H2,1-2H3,(H,17,21)/t11-/m1/s1. The predicted octanol–water partition coefficient (Wildman–Crippen LogP) is 2.72. The van der Waals surface area contributed by atoms with Crippen LogP contribution in [-0.2, 0) is 11.3 Å². The van der Waals surface area contributed by atoms with E-state index in [1.807, 2.05) is 37.3 Å². The summed E-state index contributed by atoms with van der Waals surface area (Å²) in [7, 11) is 0. The molecular weight excluding hydrogens is 296 g/mol. The first-order chi connectivity index (χ1) is 10.7. The zero-order valence-electron chi connectivity index (χ0n) is 12.8. The maximum Gasteiger partial charge on any atom is 0.233 e. The summed E-state index contributed by atoms with van der Waals surface area (Å²) in [6, 6.07) is 10.4. The number of hydrogen-bond donors (Lipinski definition) is 1. The van der Waals surface area contributed by atoms with E-state index in [9.17, 15) is 4.79 Å². The number of carbonyl (C=O) groups is 1. The lowest BCUT2D eigenvalue weighted by atomic mass is 10.2. The molecule has 1 aromatic carbocycles. The molecule has 1 aliphatic carbocycles. The van der Waals surface area contributed by atoms with Gasteiger partial charge < -0.3 is 9.88 Å². The van der Waals surface area contributed by atoms with Gasteiger partial charge in [-0.25, -0.2) is 0 Å². The number of benzene rings is 1. The molecule has 6 heteroatoms. The summed E-state index contributed by atoms with van der Waals surface area (Å²) in [5.74, 6) is 0.930. The molecule has 0 aliphatic heterocycles. The molecule has 1 aromatic heterocycles. The number of rotatable bonds is 6. The maximum atomic E-state index is 12.1. The van der Waals surface area contributed by atoms with Crippen LogP contribution in [0.25, 0.3) is 11.4 Å². The SMILES string of the molecule is CCn1c(S[C@H](C)C(=O)NC2CC2)nnc1-c1ccccc1. The number of nitrogens with zero attached hydrogens (tertiary/aromatic N) is 3. The Balaban J connectivity index is 1.76. The van der Waals surface area contributed by atoms with Gasteiger partial charge in [0, 0.05) is 18.2 Å². The van der Waals surface area contributed by atoms with E-state index < -0.39 is 0 Å². The van der Waals surface area contributed by atoms with Gasteiger partial charge in [0.15, 0.2) is 11.0 Å². The molecule has 0 radical (unpaired) electrons. The first-order valence-corrected chi connectivity index (χ1v) is 8.52. The molecule has 1 amide bonds. The number of hydrogen-bond acceptors (Lipinski definition) is 4. The largest absolute Gasteiger partial charge is 0.352 e. The third-order valence-corrected chi connectivity index (χ3v) is 4.72. The summed E-state index contributed by atoms with van der Waals surface area (Å²) in [6.45, 7) is 4.75. The minimum Gasteiger partial charge on any atom is -0.352 e. The molecule has 1 N–H and O–H groups in total. The fourth-order valence-corrected chi connectivity index (χ4v) is 3.14. The molecule has 1 aliphatic rings. The number of amides is 1. The van der Waals surface area contributed by atoms with E-state index in [1.165, 1.54) is 11.8 Å². The van der Waals surface area contributed by atoms with Crippen molar-refractivity contribution in [2.75, 3.05) is 0 Å². The summed E-state index contributed by atoms with van der Waals surface area (Å²) >= 11 is 1.47. The fraction of sp³-hybridized carbons (Fsp3) is 0.438. The van der Waals surface area contributed by atoms with E-state index >= 15 is 0 Å². The van der Waals surface area contributed by atoms with E-state index in [-0.39, 0.29) is 11.2 Å². The minimum absolute atomic E-state index is 0.0828. The van der Waals surface area contributed by atoms with Gasteiger partial charge in [0.2, 0.25) is 5.91 Å². The Morgan fingerprint density at radius 2 is 2.09 bits per heavy atom. The van der Waals surface area contributed by atoms with Gasteiger partial charge >= 0.3 is 0 Å². The summed E-state index contributed by atoms with van der Waals surface area (Å²) in [6.07, 6.45) is 2.21. The van der Waals surface area contributed by atoms with Gasteiger partial charge in [-0.15, -0.1) is 10.2 Å². The molecule has 0 unspecified atom stereocenters. The average molecular weight is 316 g/mol. The number of nitrogens with one attached hydrogen (secondary N) is 1. The zero-order chi connectivity index (χ0) is 15.5. The lowest BCUT2D eigenvalue weighted by Crippen LogP contribution is -2.32. The first kappa shape index (κ1) is 15.1. The van der Waals surface area contributed by atoms with Gasteiger partial charge in [0.05, 0.1) is 5.25 Å². The highest BCUT2D eigenvalue weighted by Crippen LogP contribution is 2.27. The zero-order valence-corrected chi connectivity index (χ0v) is 13.6. The second-order valence-corrected chi connectivity index (χ2v) is 6.77. The second kappa shape index (κ2) is 6.52. The third kappa shape index (κ3) is 3.32. The molecule has 1 heterocycles. The van der Waals surface area contributed by atoms with E-state index in [0.29, 0.717) is 6.04 Å². The number of aromatic nitrogens is 3. The first-order valence-electron chi connectivity index (χ1n) is 7.64. The van der Waals surface area contributed by atoms with Crippen LogP contribution in [0, 0.1) is 0 Å². The van der Waals surface area contributed by atoms with Crippen LogP contribution in [0.2, 0.25) is 0 Å². The highest BCUT2D eigenvalue weighted by molar-refractivity contribution is 8.00. The molecule has 0 spiro atoms. The van der Waals surface area contributed by atoms with Crippen LogP contribution in [0.5, 0.6) is 0 Å². The summed E-state index contributed by atoms with van der Waals surface area (Å²) in [4.78, 5) is 12.1. The Hall–Kier alpha value is -1.82. The van der Waals surface area contributed by atoms with Gasteiger partial charge in [-0.1, -0.05) is 42.1 Å². The van der Waals surface area contributed by atoms with Crippen LogP contribution in [0.1, 0.15) is 26.7 Å². The second-order valence-electron chi connectivity index (χ2n) is 5.46. The summed E-state index contributed by atoms with van der Waals surface area (Å²) in [5.41, 5.74) is 1.04. The molecule has 0 bridgehead atoms. The van der Waals surface area contributed by atoms with Crippen molar-refractivity contribution in [2.45, 2.75) is 49.7 Å². The van der Waals surface area contributed by atoms with Crippen molar-refractivity contribution in [3.63, 3.8) is 0 Å². The van der Waals surface area contributed by atoms with Crippen molar-refractivity contribution >= 4 is 17.7 Å². The van der Waals surface area contributed by atoms with Crippen molar-refractivity contribution in [3.05, 3.63) is 30.3 Å². The molecule has 1 saturated carbocycles. The van der Waals surface area contributed by atoms with Gasteiger partial charge in [0.1, 0.15) is 0 Å². The van der Waals surface area contributed by atoms with Crippen molar-refractivity contribution in [2.24, 2.45) is 0 Å². The van der Waals surface area contributed by atoms with Crippen LogP contribution < -0.4 is 5.32 Å². The fourth-order valence-electron chi connectivity index (χ4n) is 2.22. The molecule has 22 heavy (non-hydrogen) atoms. The molecule has 1 fully saturated rings. The Morgan fingerprint density at radius 1 is 1.36 bits per heavy atom. The van der Waals surface area contributed by atoms with Crippen molar-refractivity contribution < 1.29 is 4.79 Å². The van der Waals surface area contributed by atoms with Crippen molar-refractivity contribution in [1.82, 2.24) is 20.1 Å². The summed E-state index contributed by atoms with van der Waals surface area (Å²) < 4.78 is 2.06. The molecule has 3 rings (SSSR count). The Kier molecular flexibility index (Phi) is 4.47. The number of thioether (sulfide) groups is 1. The quantitative estimate of drug-likeness (QED) is 0.833. The Bertz CT molecular complexity index is 651. The topological polar surface area (TPSA) is 59.8 Å². The average Bonchev–Trinajstić information content (AvgIpc) is 3.26. The van der Waals surface area contributed by atoms with Crippen LogP contribution in [0.3, 0.4) is 0 Å². The monoisotopic (exact) mass is 316 g/mol. The van der Waals surface area contributed by atoms with Crippen LogP contribution >= 0.6 is 11.8 Å². The molecule has 5 nitrogen and oxygen atoms in total. The van der Waals surface area contributed by atoms with Gasteiger partial charge in [0.25, 0.3) is 0 Å². The molecular formula is C16H20N4OS. The van der Waals surface area contributed by atoms with Crippen molar-refractivity contribution in [3.8, 4) is 11.4 Å². The smallest absolute Gasteiger partial charge is 0.233 e. The van der Waals surface area contributed by atoms with Gasteiger partial charge in [-0.3, -0.25) is 4.79 Å². The van der Waals surface area contributed by atoms with E-state index in [4.69, 9.17) is 0 Å². The lowest BCUT2D eigenvalue weighted by molar-refractivity contribution is -0.120. The normalized spacial score (nSPS) is 15.5. The lowest BCUT2D eigenvalue weighted by Gasteiger charge is -2.12. The highest BCUT2D eigenvalue weighted by atomic mass is 32.2. The van der Waals surface area contributed by atoms with Crippen LogP contribution in [0.15, 0.2) is 35.5 Å².